The molecule has 1 N–H and O–H groups in total. The van der Waals surface area contributed by atoms with E-state index >= 15 is 0 Å². The number of ether oxygens (including phenoxy) is 2. The Labute approximate surface area is 101 Å². The van der Waals surface area contributed by atoms with E-state index in [2.05, 4.69) is 0 Å². The first-order valence-electron chi connectivity index (χ1n) is 4.47. The highest BCUT2D eigenvalue weighted by atomic mass is 35.5. The molecule has 0 amide bonds. The molecular weight excluding hydrogens is 261 g/mol. The molecule has 96 valence electrons. The van der Waals surface area contributed by atoms with Gasteiger partial charge in [0.05, 0.1) is 19.2 Å². The molecule has 0 saturated carbocycles. The molecule has 0 radical (unpaired) electrons. The molecule has 1 rings (SSSR count). The fourth-order valence-electron chi connectivity index (χ4n) is 1.26. The number of methoxy groups -OCH3 is 2. The third-order valence-corrected chi connectivity index (χ3v) is 2.43. The zero-order valence-corrected chi connectivity index (χ0v) is 9.76. The van der Waals surface area contributed by atoms with E-state index in [1.54, 1.807) is 0 Å². The molecule has 7 heteroatoms. The van der Waals surface area contributed by atoms with Gasteiger partial charge < -0.3 is 14.6 Å². The number of halogens is 4. The lowest BCUT2D eigenvalue weighted by Gasteiger charge is -2.18. The van der Waals surface area contributed by atoms with Crippen molar-refractivity contribution in [1.82, 2.24) is 0 Å². The van der Waals surface area contributed by atoms with E-state index in [1.165, 1.54) is 14.2 Å². The fraction of sp³-hybridized carbons (Fsp3) is 0.400. The summed E-state index contributed by atoms with van der Waals surface area (Å²) >= 11 is 5.64. The van der Waals surface area contributed by atoms with Gasteiger partial charge in [0.2, 0.25) is 0 Å². The summed E-state index contributed by atoms with van der Waals surface area (Å²) in [6, 6.07) is 2.16. The third-order valence-electron chi connectivity index (χ3n) is 2.11. The predicted octanol–water partition coefficient (Wildman–Crippen LogP) is 2.95. The summed E-state index contributed by atoms with van der Waals surface area (Å²) in [5.41, 5.74) is -0.475. The van der Waals surface area contributed by atoms with Crippen LogP contribution in [0.4, 0.5) is 13.2 Å². The van der Waals surface area contributed by atoms with Crippen LogP contribution in [0.5, 0.6) is 11.5 Å². The summed E-state index contributed by atoms with van der Waals surface area (Å²) in [6.45, 7) is 0. The third kappa shape index (κ3) is 2.95. The van der Waals surface area contributed by atoms with Crippen molar-refractivity contribution in [3.8, 4) is 11.5 Å². The SMILES string of the molecule is COc1cc(Cl)c(C(O)C(F)(F)F)cc1OC. The van der Waals surface area contributed by atoms with Gasteiger partial charge >= 0.3 is 6.18 Å². The standard InChI is InChI=1S/C10H10ClF3O3/c1-16-7-3-5(9(15)10(12,13)14)6(11)4-8(7)17-2/h3-4,9,15H,1-2H3. The Hall–Kier alpha value is -1.14. The molecule has 1 atom stereocenters. The van der Waals surface area contributed by atoms with Gasteiger partial charge in [0.25, 0.3) is 0 Å². The van der Waals surface area contributed by atoms with Gasteiger partial charge in [-0.3, -0.25) is 0 Å². The van der Waals surface area contributed by atoms with E-state index in [1.807, 2.05) is 0 Å². The average Bonchev–Trinajstić information content (AvgIpc) is 2.26. The van der Waals surface area contributed by atoms with Crippen molar-refractivity contribution >= 4 is 11.6 Å². The van der Waals surface area contributed by atoms with Gasteiger partial charge in [-0.2, -0.15) is 13.2 Å². The Balaban J connectivity index is 3.26. The van der Waals surface area contributed by atoms with Gasteiger partial charge in [0.1, 0.15) is 0 Å². The number of aliphatic hydroxyl groups is 1. The molecule has 0 saturated heterocycles. The second kappa shape index (κ2) is 5.01. The highest BCUT2D eigenvalue weighted by molar-refractivity contribution is 6.31. The van der Waals surface area contributed by atoms with E-state index < -0.39 is 17.8 Å². The van der Waals surface area contributed by atoms with Crippen LogP contribution in [0.15, 0.2) is 12.1 Å². The number of rotatable bonds is 3. The molecule has 0 spiro atoms. The smallest absolute Gasteiger partial charge is 0.418 e. The van der Waals surface area contributed by atoms with Crippen LogP contribution in [0.25, 0.3) is 0 Å². The number of hydrogen-bond acceptors (Lipinski definition) is 3. The minimum absolute atomic E-state index is 0.0650. The summed E-state index contributed by atoms with van der Waals surface area (Å²) < 4.78 is 46.8. The number of alkyl halides is 3. The van der Waals surface area contributed by atoms with Crippen LogP contribution in [-0.4, -0.2) is 25.5 Å². The van der Waals surface area contributed by atoms with Crippen LogP contribution in [0.3, 0.4) is 0 Å². The molecule has 0 aliphatic heterocycles. The predicted molar refractivity (Wildman–Crippen MR) is 55.6 cm³/mol. The van der Waals surface area contributed by atoms with Crippen molar-refractivity contribution in [2.45, 2.75) is 12.3 Å². The summed E-state index contributed by atoms with van der Waals surface area (Å²) in [5.74, 6) is 0.255. The van der Waals surface area contributed by atoms with E-state index in [0.717, 1.165) is 12.1 Å². The van der Waals surface area contributed by atoms with Crippen molar-refractivity contribution < 1.29 is 27.8 Å². The normalized spacial score (nSPS) is 13.4. The lowest BCUT2D eigenvalue weighted by molar-refractivity contribution is -0.206. The Kier molecular flexibility index (Phi) is 4.11. The van der Waals surface area contributed by atoms with Crippen LogP contribution in [0.1, 0.15) is 11.7 Å². The first kappa shape index (κ1) is 13.9. The molecule has 1 aromatic rings. The Morgan fingerprint density at radius 1 is 1.18 bits per heavy atom. The zero-order chi connectivity index (χ0) is 13.2. The van der Waals surface area contributed by atoms with Crippen molar-refractivity contribution in [3.63, 3.8) is 0 Å². The van der Waals surface area contributed by atoms with Gasteiger partial charge in [-0.1, -0.05) is 11.6 Å². The lowest BCUT2D eigenvalue weighted by Crippen LogP contribution is -2.20. The van der Waals surface area contributed by atoms with E-state index in [0.29, 0.717) is 0 Å². The largest absolute Gasteiger partial charge is 0.493 e. The van der Waals surface area contributed by atoms with Crippen molar-refractivity contribution in [2.24, 2.45) is 0 Å². The zero-order valence-electron chi connectivity index (χ0n) is 9.01. The maximum Gasteiger partial charge on any atom is 0.418 e. The van der Waals surface area contributed by atoms with Gasteiger partial charge in [-0.05, 0) is 6.07 Å². The second-order valence-electron chi connectivity index (χ2n) is 3.17. The second-order valence-corrected chi connectivity index (χ2v) is 3.58. The average molecular weight is 271 g/mol. The first-order valence-corrected chi connectivity index (χ1v) is 4.85. The molecule has 1 unspecified atom stereocenters. The summed E-state index contributed by atoms with van der Waals surface area (Å²) in [5, 5.41) is 8.87. The Morgan fingerprint density at radius 3 is 2.06 bits per heavy atom. The minimum Gasteiger partial charge on any atom is -0.493 e. The van der Waals surface area contributed by atoms with Crippen LogP contribution >= 0.6 is 11.6 Å². The Morgan fingerprint density at radius 2 is 1.65 bits per heavy atom. The van der Waals surface area contributed by atoms with Gasteiger partial charge in [-0.25, -0.2) is 0 Å². The number of hydrogen-bond donors (Lipinski definition) is 1. The van der Waals surface area contributed by atoms with Crippen molar-refractivity contribution in [2.75, 3.05) is 14.2 Å². The highest BCUT2D eigenvalue weighted by Gasteiger charge is 2.40. The van der Waals surface area contributed by atoms with Crippen LogP contribution in [0, 0.1) is 0 Å². The van der Waals surface area contributed by atoms with Crippen LogP contribution < -0.4 is 9.47 Å². The number of benzene rings is 1. The molecule has 0 aromatic heterocycles. The number of aliphatic hydroxyl groups excluding tert-OH is 1. The lowest BCUT2D eigenvalue weighted by atomic mass is 10.1. The summed E-state index contributed by atoms with van der Waals surface area (Å²) in [6.07, 6.45) is -7.45. The first-order chi connectivity index (χ1) is 7.81. The van der Waals surface area contributed by atoms with Crippen molar-refractivity contribution in [1.29, 1.82) is 0 Å². The molecule has 0 heterocycles. The molecule has 3 nitrogen and oxygen atoms in total. The monoisotopic (exact) mass is 270 g/mol. The van der Waals surface area contributed by atoms with E-state index in [9.17, 15) is 13.2 Å². The van der Waals surface area contributed by atoms with E-state index in [-0.39, 0.29) is 16.5 Å². The molecule has 0 aliphatic carbocycles. The summed E-state index contributed by atoms with van der Waals surface area (Å²) in [7, 11) is 2.60. The molecule has 0 aliphatic rings. The van der Waals surface area contributed by atoms with Gasteiger partial charge in [0, 0.05) is 11.6 Å². The molecule has 1 aromatic carbocycles. The quantitative estimate of drug-likeness (QED) is 0.918. The molecule has 17 heavy (non-hydrogen) atoms. The highest BCUT2D eigenvalue weighted by Crippen LogP contribution is 2.41. The van der Waals surface area contributed by atoms with Crippen LogP contribution in [0.2, 0.25) is 5.02 Å². The van der Waals surface area contributed by atoms with E-state index in [4.69, 9.17) is 26.2 Å². The Bertz CT molecular complexity index is 407. The summed E-state index contributed by atoms with van der Waals surface area (Å²) in [4.78, 5) is 0. The van der Waals surface area contributed by atoms with Gasteiger partial charge in [0.15, 0.2) is 17.6 Å². The topological polar surface area (TPSA) is 38.7 Å². The molecule has 0 bridgehead atoms. The maximum absolute atomic E-state index is 12.4. The minimum atomic E-state index is -4.79. The fourth-order valence-corrected chi connectivity index (χ4v) is 1.51. The molecular formula is C10H10ClF3O3. The van der Waals surface area contributed by atoms with Crippen molar-refractivity contribution in [3.05, 3.63) is 22.7 Å². The maximum atomic E-state index is 12.4. The van der Waals surface area contributed by atoms with Crippen LogP contribution in [-0.2, 0) is 0 Å². The van der Waals surface area contributed by atoms with Gasteiger partial charge in [-0.15, -0.1) is 0 Å². The molecule has 0 fully saturated rings.